The summed E-state index contributed by atoms with van der Waals surface area (Å²) < 4.78 is 9.73. The molecule has 2 amide bonds. The molecule has 2 aromatic rings. The first-order valence-corrected chi connectivity index (χ1v) is 5.53. The lowest BCUT2D eigenvalue weighted by molar-refractivity contribution is 0.0908. The van der Waals surface area contributed by atoms with E-state index in [9.17, 15) is 9.59 Å². The molecule has 0 bridgehead atoms. The van der Waals surface area contributed by atoms with Crippen LogP contribution >= 0.6 is 0 Å². The van der Waals surface area contributed by atoms with Gasteiger partial charge in [-0.05, 0) is 19.1 Å². The number of nitrogens with one attached hydrogen (secondary N) is 3. The van der Waals surface area contributed by atoms with Gasteiger partial charge in [0, 0.05) is 6.07 Å². The van der Waals surface area contributed by atoms with E-state index < -0.39 is 12.0 Å². The number of furan rings is 1. The van der Waals surface area contributed by atoms with Crippen LogP contribution in [0.15, 0.2) is 28.9 Å². The minimum atomic E-state index is -0.738. The van der Waals surface area contributed by atoms with Gasteiger partial charge in [0.2, 0.25) is 0 Å². The van der Waals surface area contributed by atoms with Gasteiger partial charge >= 0.3 is 6.09 Å². The molecule has 2 heterocycles. The van der Waals surface area contributed by atoms with Crippen LogP contribution in [0.5, 0.6) is 0 Å². The van der Waals surface area contributed by atoms with Gasteiger partial charge in [0.1, 0.15) is 5.69 Å². The molecule has 0 saturated carbocycles. The summed E-state index contributed by atoms with van der Waals surface area (Å²) in [6.07, 6.45) is 0.774. The first-order valence-electron chi connectivity index (χ1n) is 5.53. The molecule has 0 saturated heterocycles. The zero-order chi connectivity index (χ0) is 13.7. The third-order valence-corrected chi connectivity index (χ3v) is 2.15. The quantitative estimate of drug-likeness (QED) is 0.718. The van der Waals surface area contributed by atoms with Gasteiger partial charge in [0.15, 0.2) is 11.5 Å². The number of aromatic nitrogens is 2. The third-order valence-electron chi connectivity index (χ3n) is 2.15. The molecule has 0 aromatic carbocycles. The molecule has 0 unspecified atom stereocenters. The van der Waals surface area contributed by atoms with E-state index in [0.29, 0.717) is 11.5 Å². The van der Waals surface area contributed by atoms with E-state index >= 15 is 0 Å². The van der Waals surface area contributed by atoms with Crippen LogP contribution in [-0.4, -0.2) is 28.8 Å². The first kappa shape index (κ1) is 12.7. The summed E-state index contributed by atoms with van der Waals surface area (Å²) in [7, 11) is 0. The van der Waals surface area contributed by atoms with Crippen LogP contribution in [0, 0.1) is 0 Å². The minimum Gasteiger partial charge on any atom is -0.463 e. The van der Waals surface area contributed by atoms with E-state index in [-0.39, 0.29) is 12.3 Å². The van der Waals surface area contributed by atoms with Gasteiger partial charge in [0.25, 0.3) is 5.91 Å². The van der Waals surface area contributed by atoms with Crippen LogP contribution in [0.1, 0.15) is 17.4 Å². The van der Waals surface area contributed by atoms with Crippen LogP contribution < -0.4 is 10.9 Å². The average Bonchev–Trinajstić information content (AvgIpc) is 3.06. The zero-order valence-electron chi connectivity index (χ0n) is 10.1. The average molecular weight is 264 g/mol. The number of amides is 2. The Hall–Kier alpha value is -2.77. The fourth-order valence-electron chi connectivity index (χ4n) is 1.34. The first-order chi connectivity index (χ1) is 9.20. The summed E-state index contributed by atoms with van der Waals surface area (Å²) in [6.45, 7) is 1.87. The summed E-state index contributed by atoms with van der Waals surface area (Å²) in [5, 5.41) is 6.46. The van der Waals surface area contributed by atoms with Crippen molar-refractivity contribution in [1.82, 2.24) is 21.0 Å². The summed E-state index contributed by atoms with van der Waals surface area (Å²) >= 11 is 0. The highest BCUT2D eigenvalue weighted by molar-refractivity contribution is 5.93. The fourth-order valence-corrected chi connectivity index (χ4v) is 1.34. The monoisotopic (exact) mass is 264 g/mol. The molecule has 0 aliphatic carbocycles. The predicted octanol–water partition coefficient (Wildman–Crippen LogP) is 1.06. The van der Waals surface area contributed by atoms with Gasteiger partial charge in [-0.25, -0.2) is 10.2 Å². The molecule has 2 rings (SSSR count). The Balaban J connectivity index is 1.95. The Morgan fingerprint density at radius 2 is 2.32 bits per heavy atom. The highest BCUT2D eigenvalue weighted by Crippen LogP contribution is 2.17. The van der Waals surface area contributed by atoms with E-state index in [2.05, 4.69) is 25.8 Å². The Morgan fingerprint density at radius 1 is 1.47 bits per heavy atom. The van der Waals surface area contributed by atoms with E-state index in [0.717, 1.165) is 0 Å². The van der Waals surface area contributed by atoms with Crippen molar-refractivity contribution < 1.29 is 18.7 Å². The van der Waals surface area contributed by atoms with Gasteiger partial charge < -0.3 is 9.15 Å². The van der Waals surface area contributed by atoms with Gasteiger partial charge in [-0.15, -0.1) is 0 Å². The molecule has 8 heteroatoms. The molecule has 0 fully saturated rings. The molecule has 3 N–H and O–H groups in total. The van der Waals surface area contributed by atoms with Crippen molar-refractivity contribution in [3.63, 3.8) is 0 Å². The molecule has 0 aliphatic heterocycles. The van der Waals surface area contributed by atoms with Crippen LogP contribution in [0.25, 0.3) is 11.5 Å². The molecule has 0 radical (unpaired) electrons. The lowest BCUT2D eigenvalue weighted by atomic mass is 10.3. The lowest BCUT2D eigenvalue weighted by Crippen LogP contribution is -2.42. The fraction of sp³-hybridized carbons (Fsp3) is 0.182. The summed E-state index contributed by atoms with van der Waals surface area (Å²) in [6, 6.07) is 4.95. The maximum Gasteiger partial charge on any atom is 0.426 e. The van der Waals surface area contributed by atoms with Crippen LogP contribution in [0.3, 0.4) is 0 Å². The van der Waals surface area contributed by atoms with Gasteiger partial charge in [-0.2, -0.15) is 5.10 Å². The third kappa shape index (κ3) is 3.12. The number of rotatable bonds is 3. The normalized spacial score (nSPS) is 9.95. The van der Waals surface area contributed by atoms with E-state index in [4.69, 9.17) is 4.42 Å². The molecule has 8 nitrogen and oxygen atoms in total. The van der Waals surface area contributed by atoms with Crippen molar-refractivity contribution in [2.24, 2.45) is 0 Å². The topological polar surface area (TPSA) is 109 Å². The standard InChI is InChI=1S/C11H12N4O4/c1-2-18-11(17)15-14-10(16)8-6-7(12-13-8)9-4-3-5-19-9/h3-6H,2H2,1H3,(H,12,13)(H,14,16)(H,15,17). The summed E-state index contributed by atoms with van der Waals surface area (Å²) in [5.41, 5.74) is 4.93. The molecule has 0 aliphatic rings. The van der Waals surface area contributed by atoms with E-state index in [1.54, 1.807) is 19.1 Å². The number of hydrazine groups is 1. The SMILES string of the molecule is CCOC(=O)NNC(=O)c1cc(-c2ccco2)[nH]n1. The van der Waals surface area contributed by atoms with E-state index in [1.165, 1.54) is 12.3 Å². The Morgan fingerprint density at radius 3 is 3.00 bits per heavy atom. The van der Waals surface area contributed by atoms with Crippen molar-refractivity contribution in [2.75, 3.05) is 6.61 Å². The smallest absolute Gasteiger partial charge is 0.426 e. The molecular weight excluding hydrogens is 252 g/mol. The van der Waals surface area contributed by atoms with Crippen molar-refractivity contribution in [3.8, 4) is 11.5 Å². The number of hydrogen-bond donors (Lipinski definition) is 3. The Labute approximate surface area is 108 Å². The van der Waals surface area contributed by atoms with Crippen LogP contribution in [0.4, 0.5) is 4.79 Å². The molecule has 100 valence electrons. The van der Waals surface area contributed by atoms with Crippen molar-refractivity contribution in [2.45, 2.75) is 6.92 Å². The van der Waals surface area contributed by atoms with Crippen molar-refractivity contribution in [3.05, 3.63) is 30.2 Å². The van der Waals surface area contributed by atoms with Crippen LogP contribution in [-0.2, 0) is 4.74 Å². The maximum absolute atomic E-state index is 11.6. The van der Waals surface area contributed by atoms with Gasteiger partial charge in [-0.3, -0.25) is 15.3 Å². The minimum absolute atomic E-state index is 0.114. The number of carbonyl (C=O) groups excluding carboxylic acids is 2. The zero-order valence-corrected chi connectivity index (χ0v) is 10.1. The number of H-pyrrole nitrogens is 1. The number of ether oxygens (including phenoxy) is 1. The number of aromatic amines is 1. The second-order valence-corrected chi connectivity index (χ2v) is 3.44. The Kier molecular flexibility index (Phi) is 3.81. The molecule has 0 spiro atoms. The number of carbonyl (C=O) groups is 2. The molecular formula is C11H12N4O4. The largest absolute Gasteiger partial charge is 0.463 e. The predicted molar refractivity (Wildman–Crippen MR) is 63.9 cm³/mol. The van der Waals surface area contributed by atoms with Crippen molar-refractivity contribution >= 4 is 12.0 Å². The second kappa shape index (κ2) is 5.71. The number of hydrogen-bond acceptors (Lipinski definition) is 5. The molecule has 2 aromatic heterocycles. The van der Waals surface area contributed by atoms with Crippen LogP contribution in [0.2, 0.25) is 0 Å². The Bertz CT molecular complexity index is 561. The highest BCUT2D eigenvalue weighted by Gasteiger charge is 2.13. The highest BCUT2D eigenvalue weighted by atomic mass is 16.5. The molecule has 19 heavy (non-hydrogen) atoms. The molecule has 0 atom stereocenters. The summed E-state index contributed by atoms with van der Waals surface area (Å²) in [5.74, 6) is -0.00740. The van der Waals surface area contributed by atoms with E-state index in [1.807, 2.05) is 0 Å². The van der Waals surface area contributed by atoms with Gasteiger partial charge in [-0.1, -0.05) is 0 Å². The maximum atomic E-state index is 11.6. The lowest BCUT2D eigenvalue weighted by Gasteiger charge is -2.04. The second-order valence-electron chi connectivity index (χ2n) is 3.44. The number of nitrogens with zero attached hydrogens (tertiary/aromatic N) is 1. The van der Waals surface area contributed by atoms with Crippen molar-refractivity contribution in [1.29, 1.82) is 0 Å². The summed E-state index contributed by atoms with van der Waals surface area (Å²) in [4.78, 5) is 22.6. The van der Waals surface area contributed by atoms with Gasteiger partial charge in [0.05, 0.1) is 12.9 Å².